The summed E-state index contributed by atoms with van der Waals surface area (Å²) < 4.78 is 12.8. The van der Waals surface area contributed by atoms with Crippen molar-refractivity contribution in [1.29, 1.82) is 0 Å². The van der Waals surface area contributed by atoms with Crippen LogP contribution in [0.4, 0.5) is 4.39 Å². The van der Waals surface area contributed by atoms with Gasteiger partial charge in [0.2, 0.25) is 0 Å². The van der Waals surface area contributed by atoms with E-state index in [-0.39, 0.29) is 12.4 Å². The van der Waals surface area contributed by atoms with Gasteiger partial charge in [-0.2, -0.15) is 0 Å². The minimum absolute atomic E-state index is 0.171. The van der Waals surface area contributed by atoms with E-state index in [1.165, 1.54) is 24.1 Å². The minimum atomic E-state index is -0.171. The molecular formula is C15H22FNO. The third-order valence-electron chi connectivity index (χ3n) is 3.74. The highest BCUT2D eigenvalue weighted by atomic mass is 19.1. The molecule has 0 saturated carbocycles. The van der Waals surface area contributed by atoms with Gasteiger partial charge in [-0.25, -0.2) is 4.39 Å². The Labute approximate surface area is 108 Å². The predicted octanol–water partition coefficient (Wildman–Crippen LogP) is 2.67. The monoisotopic (exact) mass is 251 g/mol. The van der Waals surface area contributed by atoms with Crippen molar-refractivity contribution in [3.05, 3.63) is 35.6 Å². The van der Waals surface area contributed by atoms with Gasteiger partial charge in [0, 0.05) is 19.7 Å². The van der Waals surface area contributed by atoms with Crippen LogP contribution in [0.1, 0.15) is 25.3 Å². The Morgan fingerprint density at radius 1 is 1.39 bits per heavy atom. The lowest BCUT2D eigenvalue weighted by Crippen LogP contribution is -2.21. The molecule has 2 nitrogen and oxygen atoms in total. The first-order valence-corrected chi connectivity index (χ1v) is 6.75. The Balaban J connectivity index is 1.80. The SMILES string of the molecule is CC(CO)CC1CCN(Cc2ccc(F)cc2)C1. The van der Waals surface area contributed by atoms with E-state index in [1.807, 2.05) is 12.1 Å². The van der Waals surface area contributed by atoms with Gasteiger partial charge in [0.25, 0.3) is 0 Å². The smallest absolute Gasteiger partial charge is 0.123 e. The summed E-state index contributed by atoms with van der Waals surface area (Å²) in [5, 5.41) is 9.07. The highest BCUT2D eigenvalue weighted by molar-refractivity contribution is 5.16. The van der Waals surface area contributed by atoms with Crippen LogP contribution in [0.15, 0.2) is 24.3 Å². The van der Waals surface area contributed by atoms with Crippen LogP contribution in [-0.4, -0.2) is 29.7 Å². The summed E-state index contributed by atoms with van der Waals surface area (Å²) >= 11 is 0. The number of nitrogens with zero attached hydrogens (tertiary/aromatic N) is 1. The van der Waals surface area contributed by atoms with E-state index in [0.717, 1.165) is 26.1 Å². The number of benzene rings is 1. The molecule has 1 aliphatic heterocycles. The van der Waals surface area contributed by atoms with Gasteiger partial charge in [0.05, 0.1) is 0 Å². The second kappa shape index (κ2) is 6.30. The molecule has 3 heteroatoms. The van der Waals surface area contributed by atoms with Gasteiger partial charge in [-0.1, -0.05) is 19.1 Å². The molecule has 2 rings (SSSR count). The standard InChI is InChI=1S/C15H22FNO/c1-12(11-18)8-14-6-7-17(10-14)9-13-2-4-15(16)5-3-13/h2-5,12,14,18H,6-11H2,1H3. The summed E-state index contributed by atoms with van der Waals surface area (Å²) in [5.74, 6) is 0.934. The fourth-order valence-corrected chi connectivity index (χ4v) is 2.74. The number of aliphatic hydroxyl groups is 1. The van der Waals surface area contributed by atoms with E-state index in [2.05, 4.69) is 11.8 Å². The molecule has 2 unspecified atom stereocenters. The quantitative estimate of drug-likeness (QED) is 0.869. The topological polar surface area (TPSA) is 23.5 Å². The molecule has 1 fully saturated rings. The number of likely N-dealkylation sites (tertiary alicyclic amines) is 1. The third kappa shape index (κ3) is 3.79. The lowest BCUT2D eigenvalue weighted by molar-refractivity contribution is 0.210. The van der Waals surface area contributed by atoms with Crippen LogP contribution in [0.2, 0.25) is 0 Å². The van der Waals surface area contributed by atoms with Crippen LogP contribution in [-0.2, 0) is 6.54 Å². The normalized spacial score (nSPS) is 22.3. The predicted molar refractivity (Wildman–Crippen MR) is 70.7 cm³/mol. The summed E-state index contributed by atoms with van der Waals surface area (Å²) in [7, 11) is 0. The molecule has 0 aliphatic carbocycles. The summed E-state index contributed by atoms with van der Waals surface area (Å²) in [4.78, 5) is 2.42. The van der Waals surface area contributed by atoms with Crippen molar-refractivity contribution in [3.8, 4) is 0 Å². The Morgan fingerprint density at radius 3 is 2.78 bits per heavy atom. The van der Waals surface area contributed by atoms with Crippen molar-refractivity contribution < 1.29 is 9.50 Å². The van der Waals surface area contributed by atoms with E-state index in [4.69, 9.17) is 5.11 Å². The van der Waals surface area contributed by atoms with Crippen molar-refractivity contribution in [2.24, 2.45) is 11.8 Å². The first-order chi connectivity index (χ1) is 8.67. The molecule has 2 atom stereocenters. The lowest BCUT2D eigenvalue weighted by Gasteiger charge is -2.17. The summed E-state index contributed by atoms with van der Waals surface area (Å²) in [5.41, 5.74) is 1.17. The second-order valence-electron chi connectivity index (χ2n) is 5.54. The van der Waals surface area contributed by atoms with E-state index < -0.39 is 0 Å². The Bertz CT molecular complexity index is 365. The lowest BCUT2D eigenvalue weighted by atomic mass is 9.96. The van der Waals surface area contributed by atoms with Crippen molar-refractivity contribution in [1.82, 2.24) is 4.90 Å². The third-order valence-corrected chi connectivity index (χ3v) is 3.74. The van der Waals surface area contributed by atoms with E-state index in [9.17, 15) is 4.39 Å². The van der Waals surface area contributed by atoms with Crippen LogP contribution in [0, 0.1) is 17.7 Å². The van der Waals surface area contributed by atoms with Crippen LogP contribution in [0.3, 0.4) is 0 Å². The maximum absolute atomic E-state index is 12.8. The van der Waals surface area contributed by atoms with E-state index >= 15 is 0 Å². The van der Waals surface area contributed by atoms with Crippen LogP contribution in [0.25, 0.3) is 0 Å². The molecule has 1 aromatic carbocycles. The summed E-state index contributed by atoms with van der Waals surface area (Å²) in [6, 6.07) is 6.77. The molecular weight excluding hydrogens is 229 g/mol. The van der Waals surface area contributed by atoms with Gasteiger partial charge >= 0.3 is 0 Å². The second-order valence-corrected chi connectivity index (χ2v) is 5.54. The Kier molecular flexibility index (Phi) is 4.72. The summed E-state index contributed by atoms with van der Waals surface area (Å²) in [6.45, 7) is 5.50. The highest BCUT2D eigenvalue weighted by Gasteiger charge is 2.23. The van der Waals surface area contributed by atoms with Gasteiger partial charge in [-0.3, -0.25) is 4.90 Å². The maximum Gasteiger partial charge on any atom is 0.123 e. The van der Waals surface area contributed by atoms with Crippen LogP contribution in [0.5, 0.6) is 0 Å². The van der Waals surface area contributed by atoms with Crippen molar-refractivity contribution in [2.75, 3.05) is 19.7 Å². The molecule has 0 amide bonds. The first kappa shape index (κ1) is 13.5. The molecule has 0 bridgehead atoms. The van der Waals surface area contributed by atoms with Crippen molar-refractivity contribution >= 4 is 0 Å². The molecule has 0 spiro atoms. The molecule has 100 valence electrons. The number of aliphatic hydroxyl groups excluding tert-OH is 1. The zero-order valence-corrected chi connectivity index (χ0v) is 11.0. The van der Waals surface area contributed by atoms with Crippen LogP contribution >= 0.6 is 0 Å². The van der Waals surface area contributed by atoms with Gasteiger partial charge < -0.3 is 5.11 Å². The number of hydrogen-bond acceptors (Lipinski definition) is 2. The molecule has 1 saturated heterocycles. The van der Waals surface area contributed by atoms with Gasteiger partial charge in [0.1, 0.15) is 5.82 Å². The first-order valence-electron chi connectivity index (χ1n) is 6.75. The molecule has 0 aromatic heterocycles. The number of hydrogen-bond donors (Lipinski definition) is 1. The minimum Gasteiger partial charge on any atom is -0.396 e. The zero-order valence-electron chi connectivity index (χ0n) is 11.0. The molecule has 1 aliphatic rings. The van der Waals surface area contributed by atoms with Gasteiger partial charge in [-0.15, -0.1) is 0 Å². The van der Waals surface area contributed by atoms with Gasteiger partial charge in [-0.05, 0) is 48.9 Å². The average Bonchev–Trinajstić information content (AvgIpc) is 2.79. The molecule has 1 N–H and O–H groups in total. The van der Waals surface area contributed by atoms with Crippen LogP contribution < -0.4 is 0 Å². The molecule has 18 heavy (non-hydrogen) atoms. The maximum atomic E-state index is 12.8. The molecule has 0 radical (unpaired) electrons. The fraction of sp³-hybridized carbons (Fsp3) is 0.600. The van der Waals surface area contributed by atoms with E-state index in [1.54, 1.807) is 0 Å². The van der Waals surface area contributed by atoms with Gasteiger partial charge in [0.15, 0.2) is 0 Å². The number of rotatable bonds is 5. The Hall–Kier alpha value is -0.930. The Morgan fingerprint density at radius 2 is 2.11 bits per heavy atom. The van der Waals surface area contributed by atoms with Crippen molar-refractivity contribution in [3.63, 3.8) is 0 Å². The largest absolute Gasteiger partial charge is 0.396 e. The molecule has 1 aromatic rings. The highest BCUT2D eigenvalue weighted by Crippen LogP contribution is 2.24. The fourth-order valence-electron chi connectivity index (χ4n) is 2.74. The summed E-state index contributed by atoms with van der Waals surface area (Å²) in [6.07, 6.45) is 2.32. The number of halogens is 1. The molecule has 1 heterocycles. The van der Waals surface area contributed by atoms with E-state index in [0.29, 0.717) is 11.8 Å². The zero-order chi connectivity index (χ0) is 13.0. The van der Waals surface area contributed by atoms with Crippen molar-refractivity contribution in [2.45, 2.75) is 26.3 Å². The average molecular weight is 251 g/mol.